The van der Waals surface area contributed by atoms with Crippen molar-refractivity contribution < 1.29 is 31.9 Å². The van der Waals surface area contributed by atoms with Crippen LogP contribution in [0.15, 0.2) is 60.8 Å². The van der Waals surface area contributed by atoms with Crippen molar-refractivity contribution in [2.45, 2.75) is 76.8 Å². The number of piperidine rings is 1. The van der Waals surface area contributed by atoms with Crippen molar-refractivity contribution in [3.8, 4) is 0 Å². The number of hydrogen-bond donors (Lipinski definition) is 2. The van der Waals surface area contributed by atoms with Crippen LogP contribution >= 0.6 is 0 Å². The molecule has 0 bridgehead atoms. The molecule has 0 radical (unpaired) electrons. The van der Waals surface area contributed by atoms with Crippen molar-refractivity contribution in [3.05, 3.63) is 112 Å². The van der Waals surface area contributed by atoms with Crippen LogP contribution in [0.4, 0.5) is 23.2 Å². The van der Waals surface area contributed by atoms with Crippen LogP contribution in [0, 0.1) is 17.0 Å². The van der Waals surface area contributed by atoms with E-state index in [2.05, 4.69) is 21.8 Å². The minimum Gasteiger partial charge on any atom is -0.370 e. The molecule has 1 unspecified atom stereocenters. The zero-order valence-electron chi connectivity index (χ0n) is 32.3. The molecule has 2 N–H and O–H groups in total. The van der Waals surface area contributed by atoms with Crippen LogP contribution in [-0.4, -0.2) is 100 Å². The largest absolute Gasteiger partial charge is 0.370 e. The highest BCUT2D eigenvalue weighted by Crippen LogP contribution is 2.46. The van der Waals surface area contributed by atoms with Gasteiger partial charge in [0.25, 0.3) is 12.3 Å². The molecule has 58 heavy (non-hydrogen) atoms. The Morgan fingerprint density at radius 2 is 1.72 bits per heavy atom. The van der Waals surface area contributed by atoms with E-state index in [-0.39, 0.29) is 41.3 Å². The monoisotopic (exact) mass is 795 g/mol. The molecule has 3 fully saturated rings. The van der Waals surface area contributed by atoms with E-state index in [1.807, 2.05) is 53.1 Å². The molecule has 14 heteroatoms. The second-order valence-electron chi connectivity index (χ2n) is 17.4. The molecule has 10 nitrogen and oxygen atoms in total. The van der Waals surface area contributed by atoms with Crippen molar-refractivity contribution >= 4 is 34.3 Å². The second-order valence-corrected chi connectivity index (χ2v) is 17.4. The minimum atomic E-state index is -2.68. The van der Waals surface area contributed by atoms with E-state index in [9.17, 15) is 23.2 Å². The summed E-state index contributed by atoms with van der Waals surface area (Å²) in [4.78, 5) is 52.0. The Labute approximate surface area is 333 Å². The Morgan fingerprint density at radius 3 is 2.47 bits per heavy atom. The molecule has 302 valence electrons. The summed E-state index contributed by atoms with van der Waals surface area (Å²) in [6.45, 7) is 9.05. The van der Waals surface area contributed by atoms with Gasteiger partial charge in [0, 0.05) is 96.4 Å². The lowest BCUT2D eigenvalue weighted by Gasteiger charge is -2.49. The van der Waals surface area contributed by atoms with Crippen LogP contribution < -0.4 is 10.2 Å². The summed E-state index contributed by atoms with van der Waals surface area (Å²) >= 11 is 0. The van der Waals surface area contributed by atoms with Gasteiger partial charge >= 0.3 is 0 Å². The number of aromatic amines is 1. The van der Waals surface area contributed by atoms with Gasteiger partial charge in [-0.3, -0.25) is 24.2 Å². The third-order valence-corrected chi connectivity index (χ3v) is 13.5. The molecular formula is C44H45F4N7O3. The third-order valence-electron chi connectivity index (χ3n) is 13.5. The lowest BCUT2D eigenvalue weighted by Crippen LogP contribution is -2.58. The Bertz CT molecular complexity index is 2390. The SMILES string of the molecule is C=C1CCC(N2Cc3cc4c(cc3C2=O)CN(CC(=O)N2CCC3(C2)CN(c2cc(F)c([C@@H]5c6[nH]c7ccccc7c6C[C@@H](C)N5CC(F)F)c(F)c2)C3)C4)C(=O)N1. The lowest BCUT2D eigenvalue weighted by atomic mass is 9.78. The summed E-state index contributed by atoms with van der Waals surface area (Å²) in [7, 11) is 0. The highest BCUT2D eigenvalue weighted by atomic mass is 19.3. The van der Waals surface area contributed by atoms with E-state index in [1.54, 1.807) is 4.90 Å². The molecule has 0 saturated carbocycles. The number of allylic oxidation sites excluding steroid dienone is 1. The molecule has 4 aromatic rings. The first-order valence-electron chi connectivity index (χ1n) is 20.2. The fourth-order valence-electron chi connectivity index (χ4n) is 10.7. The number of nitrogens with one attached hydrogen (secondary N) is 2. The molecule has 3 amide bonds. The van der Waals surface area contributed by atoms with Gasteiger partial charge < -0.3 is 25.0 Å². The molecule has 6 aliphatic rings. The molecular weight excluding hydrogens is 751 g/mol. The summed E-state index contributed by atoms with van der Waals surface area (Å²) in [5, 5.41) is 3.70. The van der Waals surface area contributed by atoms with E-state index in [1.165, 1.54) is 17.0 Å². The fourth-order valence-corrected chi connectivity index (χ4v) is 10.7. The number of anilines is 1. The minimum absolute atomic E-state index is 0.0238. The molecule has 3 atom stereocenters. The number of hydrogen-bond acceptors (Lipinski definition) is 6. The summed E-state index contributed by atoms with van der Waals surface area (Å²) in [5.41, 5.74) is 6.52. The Kier molecular flexibility index (Phi) is 8.75. The van der Waals surface area contributed by atoms with Crippen LogP contribution in [0.5, 0.6) is 0 Å². The quantitative estimate of drug-likeness (QED) is 0.228. The molecule has 10 rings (SSSR count). The van der Waals surface area contributed by atoms with Crippen molar-refractivity contribution in [2.75, 3.05) is 44.2 Å². The first kappa shape index (κ1) is 37.1. The number of fused-ring (bicyclic) bond motifs is 5. The Hall–Kier alpha value is -5.21. The lowest BCUT2D eigenvalue weighted by molar-refractivity contribution is -0.132. The van der Waals surface area contributed by atoms with Gasteiger partial charge in [0.15, 0.2) is 0 Å². The van der Waals surface area contributed by atoms with Gasteiger partial charge in [-0.15, -0.1) is 0 Å². The number of carbonyl (C=O) groups excluding carboxylic acids is 3. The molecule has 3 aromatic carbocycles. The number of para-hydroxylation sites is 1. The van der Waals surface area contributed by atoms with Crippen LogP contribution in [-0.2, 0) is 35.6 Å². The number of likely N-dealkylation sites (tertiary alicyclic amines) is 1. The maximum absolute atomic E-state index is 16.3. The van der Waals surface area contributed by atoms with Crippen LogP contribution in [0.1, 0.15) is 76.1 Å². The van der Waals surface area contributed by atoms with Crippen molar-refractivity contribution in [1.82, 2.24) is 29.9 Å². The zero-order chi connectivity index (χ0) is 40.2. The van der Waals surface area contributed by atoms with Gasteiger partial charge in [-0.05, 0) is 79.1 Å². The maximum Gasteiger partial charge on any atom is 0.255 e. The number of amides is 3. The van der Waals surface area contributed by atoms with Crippen LogP contribution in [0.2, 0.25) is 0 Å². The van der Waals surface area contributed by atoms with E-state index >= 15 is 8.78 Å². The summed E-state index contributed by atoms with van der Waals surface area (Å²) in [5.74, 6) is -1.86. The number of nitrogens with zero attached hydrogens (tertiary/aromatic N) is 5. The zero-order valence-corrected chi connectivity index (χ0v) is 32.3. The molecule has 6 aliphatic heterocycles. The van der Waals surface area contributed by atoms with Gasteiger partial charge in [0.05, 0.1) is 19.1 Å². The molecule has 7 heterocycles. The summed E-state index contributed by atoms with van der Waals surface area (Å²) < 4.78 is 60.3. The second kappa shape index (κ2) is 13.7. The van der Waals surface area contributed by atoms with Crippen molar-refractivity contribution in [1.29, 1.82) is 0 Å². The number of aromatic nitrogens is 1. The Balaban J connectivity index is 0.784. The highest BCUT2D eigenvalue weighted by molar-refractivity contribution is 6.01. The fraction of sp³-hybridized carbons (Fsp3) is 0.432. The average Bonchev–Trinajstić information content (AvgIpc) is 3.94. The summed E-state index contributed by atoms with van der Waals surface area (Å²) in [6.07, 6.45) is -0.219. The first-order valence-corrected chi connectivity index (χ1v) is 20.2. The average molecular weight is 796 g/mol. The number of carbonyl (C=O) groups is 3. The van der Waals surface area contributed by atoms with Gasteiger partial charge in [0.1, 0.15) is 17.7 Å². The predicted octanol–water partition coefficient (Wildman–Crippen LogP) is 5.85. The topological polar surface area (TPSA) is 95.2 Å². The molecule has 0 aliphatic carbocycles. The number of rotatable bonds is 7. The number of halogens is 4. The highest BCUT2D eigenvalue weighted by Gasteiger charge is 2.50. The van der Waals surface area contributed by atoms with Gasteiger partial charge in [0.2, 0.25) is 11.8 Å². The summed E-state index contributed by atoms with van der Waals surface area (Å²) in [6, 6.07) is 12.3. The third kappa shape index (κ3) is 6.09. The number of alkyl halides is 2. The van der Waals surface area contributed by atoms with E-state index in [0.717, 1.165) is 39.6 Å². The van der Waals surface area contributed by atoms with E-state index in [0.29, 0.717) is 87.7 Å². The Morgan fingerprint density at radius 1 is 0.983 bits per heavy atom. The molecule has 3 saturated heterocycles. The van der Waals surface area contributed by atoms with Crippen LogP contribution in [0.25, 0.3) is 10.9 Å². The van der Waals surface area contributed by atoms with Crippen molar-refractivity contribution in [2.24, 2.45) is 5.41 Å². The van der Waals surface area contributed by atoms with Crippen LogP contribution in [0.3, 0.4) is 0 Å². The maximum atomic E-state index is 16.3. The van der Waals surface area contributed by atoms with Gasteiger partial charge in [-0.25, -0.2) is 17.6 Å². The van der Waals surface area contributed by atoms with Gasteiger partial charge in [-0.2, -0.15) is 0 Å². The number of H-pyrrole nitrogens is 1. The van der Waals surface area contributed by atoms with Gasteiger partial charge in [-0.1, -0.05) is 30.8 Å². The smallest absolute Gasteiger partial charge is 0.255 e. The van der Waals surface area contributed by atoms with E-state index in [4.69, 9.17) is 0 Å². The molecule has 1 aromatic heterocycles. The number of benzene rings is 3. The normalized spacial score (nSPS) is 24.2. The van der Waals surface area contributed by atoms with E-state index < -0.39 is 36.7 Å². The molecule has 1 spiro atoms. The first-order chi connectivity index (χ1) is 27.8. The van der Waals surface area contributed by atoms with Crippen molar-refractivity contribution in [3.63, 3.8) is 0 Å². The standard InChI is InChI=1S/C44H45F4N7O3/c1-24-7-8-36(42(57)49-24)55-18-28-12-26-16-51(17-27(26)13-31(28)43(55)58)20-38(56)52-10-9-44(21-52)22-53(23-44)29-14-33(45)39(34(46)15-29)41-40-32(11-25(2)54(41)19-37(47)48)30-5-3-4-6-35(30)50-40/h3-6,12-15,25,36-37,41,50H,1,7-11,16-23H2,2H3,(H,49,57)/t25-,36?,41-/m1/s1. The predicted molar refractivity (Wildman–Crippen MR) is 209 cm³/mol.